The van der Waals surface area contributed by atoms with Crippen LogP contribution in [0.25, 0.3) is 0 Å². The van der Waals surface area contributed by atoms with Crippen molar-refractivity contribution < 1.29 is 18.7 Å². The molecule has 5 nitrogen and oxygen atoms in total. The van der Waals surface area contributed by atoms with E-state index in [9.17, 15) is 9.18 Å². The van der Waals surface area contributed by atoms with Crippen LogP contribution in [0.1, 0.15) is 22.3 Å². The number of methoxy groups -OCH3 is 2. The van der Waals surface area contributed by atoms with Crippen LogP contribution in [0.15, 0.2) is 47.6 Å². The summed E-state index contributed by atoms with van der Waals surface area (Å²) in [5, 5.41) is 5.80. The average molecular weight is 328 g/mol. The van der Waals surface area contributed by atoms with Crippen LogP contribution in [0.3, 0.4) is 0 Å². The fraction of sp³-hybridized carbons (Fsp3) is 0.222. The van der Waals surface area contributed by atoms with E-state index in [1.807, 2.05) is 12.1 Å². The van der Waals surface area contributed by atoms with Gasteiger partial charge in [0, 0.05) is 17.5 Å². The lowest BCUT2D eigenvalue weighted by Gasteiger charge is -2.11. The SMILES string of the molecule is COc1ccc(C2=NN(C(=O)c3ccc(F)cc3)CC2)cc1OC. The monoisotopic (exact) mass is 328 g/mol. The molecule has 3 rings (SSSR count). The highest BCUT2D eigenvalue weighted by Crippen LogP contribution is 2.29. The van der Waals surface area contributed by atoms with Gasteiger partial charge in [-0.1, -0.05) is 0 Å². The second-order valence-corrected chi connectivity index (χ2v) is 5.30. The van der Waals surface area contributed by atoms with Crippen LogP contribution in [-0.2, 0) is 0 Å². The van der Waals surface area contributed by atoms with Crippen molar-refractivity contribution in [2.45, 2.75) is 6.42 Å². The number of rotatable bonds is 4. The summed E-state index contributed by atoms with van der Waals surface area (Å²) in [7, 11) is 3.15. The van der Waals surface area contributed by atoms with Gasteiger partial charge in [-0.3, -0.25) is 4.79 Å². The van der Waals surface area contributed by atoms with Crippen molar-refractivity contribution in [1.29, 1.82) is 0 Å². The van der Waals surface area contributed by atoms with Crippen LogP contribution in [-0.4, -0.2) is 37.4 Å². The molecule has 0 aliphatic carbocycles. The minimum Gasteiger partial charge on any atom is -0.493 e. The molecule has 0 fully saturated rings. The Morgan fingerprint density at radius 1 is 1.08 bits per heavy atom. The molecule has 2 aromatic rings. The number of amides is 1. The molecule has 0 bridgehead atoms. The summed E-state index contributed by atoms with van der Waals surface area (Å²) in [5.41, 5.74) is 2.09. The molecule has 1 heterocycles. The molecule has 2 aromatic carbocycles. The number of carbonyl (C=O) groups excluding carboxylic acids is 1. The van der Waals surface area contributed by atoms with E-state index in [2.05, 4.69) is 5.10 Å². The molecule has 124 valence electrons. The maximum Gasteiger partial charge on any atom is 0.273 e. The van der Waals surface area contributed by atoms with Gasteiger partial charge in [0.25, 0.3) is 5.91 Å². The van der Waals surface area contributed by atoms with Gasteiger partial charge in [0.1, 0.15) is 5.82 Å². The van der Waals surface area contributed by atoms with Gasteiger partial charge in [0.15, 0.2) is 11.5 Å². The summed E-state index contributed by atoms with van der Waals surface area (Å²) < 4.78 is 23.5. The molecule has 0 unspecified atom stereocenters. The predicted octanol–water partition coefficient (Wildman–Crippen LogP) is 3.09. The first-order valence-electron chi connectivity index (χ1n) is 7.49. The van der Waals surface area contributed by atoms with Crippen molar-refractivity contribution in [3.05, 3.63) is 59.4 Å². The summed E-state index contributed by atoms with van der Waals surface area (Å²) in [6, 6.07) is 11.0. The number of benzene rings is 2. The first kappa shape index (κ1) is 16.0. The zero-order valence-electron chi connectivity index (χ0n) is 13.5. The molecule has 0 atom stereocenters. The lowest BCUT2D eigenvalue weighted by atomic mass is 10.1. The number of hydrazone groups is 1. The van der Waals surface area contributed by atoms with E-state index < -0.39 is 0 Å². The van der Waals surface area contributed by atoms with Gasteiger partial charge in [-0.2, -0.15) is 5.10 Å². The topological polar surface area (TPSA) is 51.1 Å². The zero-order chi connectivity index (χ0) is 17.1. The smallest absolute Gasteiger partial charge is 0.273 e. The maximum atomic E-state index is 13.0. The standard InChI is InChI=1S/C18H17FN2O3/c1-23-16-8-5-13(11-17(16)24-2)15-9-10-21(20-15)18(22)12-3-6-14(19)7-4-12/h3-8,11H,9-10H2,1-2H3. The Balaban J connectivity index is 1.83. The summed E-state index contributed by atoms with van der Waals surface area (Å²) in [6.45, 7) is 0.486. The van der Waals surface area contributed by atoms with Crippen molar-refractivity contribution in [3.8, 4) is 11.5 Å². The Labute approximate surface area is 139 Å². The lowest BCUT2D eigenvalue weighted by molar-refractivity contribution is 0.0778. The van der Waals surface area contributed by atoms with Gasteiger partial charge in [0.2, 0.25) is 0 Å². The lowest BCUT2D eigenvalue weighted by Crippen LogP contribution is -2.23. The number of nitrogens with zero attached hydrogens (tertiary/aromatic N) is 2. The molecular formula is C18H17FN2O3. The predicted molar refractivity (Wildman–Crippen MR) is 88.1 cm³/mol. The van der Waals surface area contributed by atoms with Gasteiger partial charge in [0.05, 0.1) is 26.5 Å². The quantitative estimate of drug-likeness (QED) is 0.866. The van der Waals surface area contributed by atoms with E-state index in [1.165, 1.54) is 29.3 Å². The second-order valence-electron chi connectivity index (χ2n) is 5.30. The minimum absolute atomic E-state index is 0.245. The van der Waals surface area contributed by atoms with Crippen LogP contribution < -0.4 is 9.47 Å². The van der Waals surface area contributed by atoms with E-state index in [0.29, 0.717) is 30.0 Å². The molecule has 0 N–H and O–H groups in total. The van der Waals surface area contributed by atoms with Crippen molar-refractivity contribution in [2.24, 2.45) is 5.10 Å². The summed E-state index contributed by atoms with van der Waals surface area (Å²) in [4.78, 5) is 12.4. The number of halogens is 1. The van der Waals surface area contributed by atoms with E-state index in [-0.39, 0.29) is 11.7 Å². The van der Waals surface area contributed by atoms with Crippen LogP contribution in [0.2, 0.25) is 0 Å². The van der Waals surface area contributed by atoms with Crippen LogP contribution in [0, 0.1) is 5.82 Å². The minimum atomic E-state index is -0.373. The largest absolute Gasteiger partial charge is 0.493 e. The van der Waals surface area contributed by atoms with Gasteiger partial charge >= 0.3 is 0 Å². The average Bonchev–Trinajstić information content (AvgIpc) is 3.11. The van der Waals surface area contributed by atoms with Gasteiger partial charge in [-0.05, 0) is 42.5 Å². The van der Waals surface area contributed by atoms with Gasteiger partial charge in [-0.25, -0.2) is 9.40 Å². The molecule has 1 aliphatic rings. The first-order valence-corrected chi connectivity index (χ1v) is 7.49. The Kier molecular flexibility index (Phi) is 4.46. The van der Waals surface area contributed by atoms with E-state index in [0.717, 1.165) is 11.3 Å². The number of hydrogen-bond donors (Lipinski definition) is 0. The van der Waals surface area contributed by atoms with Crippen LogP contribution in [0.5, 0.6) is 11.5 Å². The molecule has 0 saturated heterocycles. The summed E-state index contributed by atoms with van der Waals surface area (Å²) >= 11 is 0. The summed E-state index contributed by atoms with van der Waals surface area (Å²) in [5.74, 6) is 0.632. The highest BCUT2D eigenvalue weighted by molar-refractivity contribution is 6.04. The third-order valence-electron chi connectivity index (χ3n) is 3.84. The molecule has 6 heteroatoms. The van der Waals surface area contributed by atoms with Crippen molar-refractivity contribution in [1.82, 2.24) is 5.01 Å². The number of hydrogen-bond acceptors (Lipinski definition) is 4. The maximum absolute atomic E-state index is 13.0. The Morgan fingerprint density at radius 3 is 2.46 bits per heavy atom. The molecular weight excluding hydrogens is 311 g/mol. The molecule has 0 radical (unpaired) electrons. The fourth-order valence-electron chi connectivity index (χ4n) is 2.56. The van der Waals surface area contributed by atoms with Crippen molar-refractivity contribution >= 4 is 11.6 Å². The highest BCUT2D eigenvalue weighted by atomic mass is 19.1. The Hall–Kier alpha value is -2.89. The van der Waals surface area contributed by atoms with Gasteiger partial charge < -0.3 is 9.47 Å². The molecule has 0 saturated carbocycles. The molecule has 0 aromatic heterocycles. The first-order chi connectivity index (χ1) is 11.6. The molecule has 0 spiro atoms. The number of ether oxygens (including phenoxy) is 2. The summed E-state index contributed by atoms with van der Waals surface area (Å²) in [6.07, 6.45) is 0.641. The van der Waals surface area contributed by atoms with E-state index in [1.54, 1.807) is 20.3 Å². The van der Waals surface area contributed by atoms with E-state index >= 15 is 0 Å². The van der Waals surface area contributed by atoms with Crippen molar-refractivity contribution in [3.63, 3.8) is 0 Å². The van der Waals surface area contributed by atoms with Crippen LogP contribution >= 0.6 is 0 Å². The number of carbonyl (C=O) groups is 1. The Morgan fingerprint density at radius 2 is 1.79 bits per heavy atom. The molecule has 1 aliphatic heterocycles. The molecule has 24 heavy (non-hydrogen) atoms. The zero-order valence-corrected chi connectivity index (χ0v) is 13.5. The van der Waals surface area contributed by atoms with E-state index in [4.69, 9.17) is 9.47 Å². The highest BCUT2D eigenvalue weighted by Gasteiger charge is 2.23. The normalized spacial score (nSPS) is 13.6. The third kappa shape index (κ3) is 3.08. The Bertz CT molecular complexity index is 787. The molecule has 1 amide bonds. The fourth-order valence-corrected chi connectivity index (χ4v) is 2.56. The second kappa shape index (κ2) is 6.70. The van der Waals surface area contributed by atoms with Gasteiger partial charge in [-0.15, -0.1) is 0 Å². The van der Waals surface area contributed by atoms with Crippen molar-refractivity contribution in [2.75, 3.05) is 20.8 Å². The third-order valence-corrected chi connectivity index (χ3v) is 3.84. The van der Waals surface area contributed by atoms with Crippen LogP contribution in [0.4, 0.5) is 4.39 Å².